The highest BCUT2D eigenvalue weighted by Gasteiger charge is 2.15. The Balaban J connectivity index is 0.00000544. The topological polar surface area (TPSA) is 120 Å². The number of ether oxygens (including phenoxy) is 2. The Morgan fingerprint density at radius 2 is 1.79 bits per heavy atom. The molecule has 10 heteroatoms. The summed E-state index contributed by atoms with van der Waals surface area (Å²) in [7, 11) is 1.34. The second-order valence-electron chi connectivity index (χ2n) is 7.10. The van der Waals surface area contributed by atoms with E-state index in [4.69, 9.17) is 22.1 Å². The summed E-state index contributed by atoms with van der Waals surface area (Å²) in [5.41, 5.74) is 8.25. The third-order valence-corrected chi connectivity index (χ3v) is 4.93. The number of methoxy groups -OCH3 is 1. The van der Waals surface area contributed by atoms with Crippen molar-refractivity contribution >= 4 is 47.7 Å². The maximum atomic E-state index is 12.4. The molecule has 0 aliphatic heterocycles. The lowest BCUT2D eigenvalue weighted by atomic mass is 10.1. The van der Waals surface area contributed by atoms with Crippen molar-refractivity contribution in [2.75, 3.05) is 19.0 Å². The van der Waals surface area contributed by atoms with Crippen LogP contribution in [0.3, 0.4) is 0 Å². The van der Waals surface area contributed by atoms with Crippen LogP contribution in [0.2, 0.25) is 5.02 Å². The monoisotopic (exact) mass is 497 g/mol. The van der Waals surface area contributed by atoms with Crippen molar-refractivity contribution in [2.24, 2.45) is 5.73 Å². The Morgan fingerprint density at radius 1 is 1.09 bits per heavy atom. The lowest BCUT2D eigenvalue weighted by molar-refractivity contribution is -0.140. The predicted molar refractivity (Wildman–Crippen MR) is 130 cm³/mol. The number of anilines is 1. The van der Waals surface area contributed by atoms with E-state index < -0.39 is 12.1 Å². The summed E-state index contributed by atoms with van der Waals surface area (Å²) in [4.78, 5) is 35.6. The molecule has 33 heavy (non-hydrogen) atoms. The summed E-state index contributed by atoms with van der Waals surface area (Å²) in [5.74, 6) is -0.650. The van der Waals surface area contributed by atoms with Crippen LogP contribution in [-0.4, -0.2) is 37.7 Å². The van der Waals surface area contributed by atoms with Gasteiger partial charge in [0.15, 0.2) is 0 Å². The SMILES string of the molecule is COC(=O)CCc1ccccc1NC(=O)[C@@H](N)CCCNC(=O)OCc1ccc(Cl)cc1.Cl. The summed E-state index contributed by atoms with van der Waals surface area (Å²) in [6.07, 6.45) is 1.01. The zero-order valence-corrected chi connectivity index (χ0v) is 19.9. The fourth-order valence-corrected chi connectivity index (χ4v) is 2.97. The number of hydrogen-bond donors (Lipinski definition) is 3. The zero-order chi connectivity index (χ0) is 23.3. The van der Waals surface area contributed by atoms with Crippen molar-refractivity contribution in [3.8, 4) is 0 Å². The summed E-state index contributed by atoms with van der Waals surface area (Å²) in [6, 6.07) is 13.5. The zero-order valence-electron chi connectivity index (χ0n) is 18.3. The summed E-state index contributed by atoms with van der Waals surface area (Å²) < 4.78 is 9.78. The highest BCUT2D eigenvalue weighted by molar-refractivity contribution is 6.30. The first-order chi connectivity index (χ1) is 15.4. The average Bonchev–Trinajstić information content (AvgIpc) is 2.80. The maximum Gasteiger partial charge on any atom is 0.407 e. The van der Waals surface area contributed by atoms with E-state index in [9.17, 15) is 14.4 Å². The number of rotatable bonds is 11. The second-order valence-corrected chi connectivity index (χ2v) is 7.54. The molecule has 0 bridgehead atoms. The predicted octanol–water partition coefficient (Wildman–Crippen LogP) is 3.84. The highest BCUT2D eigenvalue weighted by Crippen LogP contribution is 2.17. The van der Waals surface area contributed by atoms with Crippen LogP contribution in [0.1, 0.15) is 30.4 Å². The lowest BCUT2D eigenvalue weighted by Gasteiger charge is -2.15. The Hall–Kier alpha value is -2.81. The smallest absolute Gasteiger partial charge is 0.407 e. The van der Waals surface area contributed by atoms with Gasteiger partial charge in [-0.1, -0.05) is 41.9 Å². The molecule has 0 fully saturated rings. The quantitative estimate of drug-likeness (QED) is 0.320. The van der Waals surface area contributed by atoms with Crippen molar-refractivity contribution in [2.45, 2.75) is 38.3 Å². The normalized spacial score (nSPS) is 11.0. The fourth-order valence-electron chi connectivity index (χ4n) is 2.85. The van der Waals surface area contributed by atoms with Crippen LogP contribution in [0.15, 0.2) is 48.5 Å². The van der Waals surface area contributed by atoms with Gasteiger partial charge in [0, 0.05) is 23.7 Å². The van der Waals surface area contributed by atoms with Crippen LogP contribution in [-0.2, 0) is 32.1 Å². The van der Waals surface area contributed by atoms with Crippen molar-refractivity contribution in [3.05, 3.63) is 64.7 Å². The van der Waals surface area contributed by atoms with Crippen molar-refractivity contribution in [3.63, 3.8) is 0 Å². The van der Waals surface area contributed by atoms with Gasteiger partial charge in [0.05, 0.1) is 13.2 Å². The van der Waals surface area contributed by atoms with Gasteiger partial charge in [0.25, 0.3) is 0 Å². The summed E-state index contributed by atoms with van der Waals surface area (Å²) >= 11 is 5.81. The Labute approximate surface area is 204 Å². The third-order valence-electron chi connectivity index (χ3n) is 4.68. The van der Waals surface area contributed by atoms with Gasteiger partial charge in [0.1, 0.15) is 6.61 Å². The van der Waals surface area contributed by atoms with Gasteiger partial charge in [-0.2, -0.15) is 0 Å². The van der Waals surface area contributed by atoms with Crippen LogP contribution in [0.4, 0.5) is 10.5 Å². The van der Waals surface area contributed by atoms with E-state index in [0.29, 0.717) is 36.5 Å². The molecule has 0 saturated carbocycles. The van der Waals surface area contributed by atoms with E-state index in [1.165, 1.54) is 7.11 Å². The number of para-hydroxylation sites is 1. The molecule has 0 radical (unpaired) electrons. The molecule has 0 aliphatic rings. The van der Waals surface area contributed by atoms with E-state index >= 15 is 0 Å². The molecule has 2 aromatic carbocycles. The van der Waals surface area contributed by atoms with E-state index in [2.05, 4.69) is 15.4 Å². The first kappa shape index (κ1) is 28.2. The molecule has 0 heterocycles. The molecule has 0 saturated heterocycles. The van der Waals surface area contributed by atoms with Crippen molar-refractivity contribution in [1.82, 2.24) is 5.32 Å². The van der Waals surface area contributed by atoms with Crippen LogP contribution < -0.4 is 16.4 Å². The minimum absolute atomic E-state index is 0. The molecular weight excluding hydrogens is 469 g/mol. The number of esters is 1. The lowest BCUT2D eigenvalue weighted by Crippen LogP contribution is -2.36. The largest absolute Gasteiger partial charge is 0.469 e. The Morgan fingerprint density at radius 3 is 2.48 bits per heavy atom. The van der Waals surface area contributed by atoms with Gasteiger partial charge in [-0.05, 0) is 48.6 Å². The molecule has 1 atom stereocenters. The maximum absolute atomic E-state index is 12.4. The Kier molecular flexibility index (Phi) is 12.9. The minimum atomic E-state index is -0.740. The van der Waals surface area contributed by atoms with E-state index in [0.717, 1.165) is 11.1 Å². The molecule has 4 N–H and O–H groups in total. The fraction of sp³-hybridized carbons (Fsp3) is 0.348. The molecule has 2 rings (SSSR count). The van der Waals surface area contributed by atoms with E-state index in [1.807, 2.05) is 12.1 Å². The van der Waals surface area contributed by atoms with Gasteiger partial charge in [-0.3, -0.25) is 9.59 Å². The van der Waals surface area contributed by atoms with Gasteiger partial charge >= 0.3 is 12.1 Å². The second kappa shape index (κ2) is 15.1. The van der Waals surface area contributed by atoms with Crippen LogP contribution in [0.25, 0.3) is 0 Å². The number of carbonyl (C=O) groups excluding carboxylic acids is 3. The van der Waals surface area contributed by atoms with E-state index in [1.54, 1.807) is 36.4 Å². The third kappa shape index (κ3) is 10.6. The van der Waals surface area contributed by atoms with Gasteiger partial charge < -0.3 is 25.8 Å². The first-order valence-electron chi connectivity index (χ1n) is 10.2. The van der Waals surface area contributed by atoms with Crippen LogP contribution in [0, 0.1) is 0 Å². The van der Waals surface area contributed by atoms with Crippen molar-refractivity contribution in [1.29, 1.82) is 0 Å². The number of alkyl carbamates (subject to hydrolysis) is 1. The standard InChI is InChI=1S/C23H28ClN3O5.ClH/c1-31-21(28)13-10-17-5-2-3-7-20(17)27-22(29)19(25)6-4-14-26-23(30)32-15-16-8-11-18(24)12-9-16;/h2-3,5,7-9,11-12,19H,4,6,10,13-15,25H2,1H3,(H,26,30)(H,27,29);1H/t19-;/m0./s1. The molecule has 2 amide bonds. The molecule has 0 aliphatic carbocycles. The summed E-state index contributed by atoms with van der Waals surface area (Å²) in [5, 5.41) is 6.05. The van der Waals surface area contributed by atoms with Gasteiger partial charge in [-0.15, -0.1) is 12.4 Å². The molecule has 0 spiro atoms. The first-order valence-corrected chi connectivity index (χ1v) is 10.6. The average molecular weight is 498 g/mol. The minimum Gasteiger partial charge on any atom is -0.469 e. The Bertz CT molecular complexity index is 909. The number of hydrogen-bond acceptors (Lipinski definition) is 6. The number of benzene rings is 2. The number of amides is 2. The molecular formula is C23H29Cl2N3O5. The number of halogens is 2. The molecule has 2 aromatic rings. The van der Waals surface area contributed by atoms with E-state index in [-0.39, 0.29) is 37.3 Å². The summed E-state index contributed by atoms with van der Waals surface area (Å²) in [6.45, 7) is 0.469. The number of nitrogens with two attached hydrogens (primary N) is 1. The number of carbonyl (C=O) groups is 3. The number of nitrogens with one attached hydrogen (secondary N) is 2. The molecule has 180 valence electrons. The van der Waals surface area contributed by atoms with Gasteiger partial charge in [0.2, 0.25) is 5.91 Å². The molecule has 8 nitrogen and oxygen atoms in total. The van der Waals surface area contributed by atoms with Crippen LogP contribution in [0.5, 0.6) is 0 Å². The number of aryl methyl sites for hydroxylation is 1. The molecule has 0 unspecified atom stereocenters. The van der Waals surface area contributed by atoms with Gasteiger partial charge in [-0.25, -0.2) is 4.79 Å². The highest BCUT2D eigenvalue weighted by atomic mass is 35.5. The van der Waals surface area contributed by atoms with Crippen molar-refractivity contribution < 1.29 is 23.9 Å². The molecule has 0 aromatic heterocycles. The van der Waals surface area contributed by atoms with Crippen LogP contribution >= 0.6 is 24.0 Å².